The molecule has 1 aliphatic rings. The molecule has 0 unspecified atom stereocenters. The van der Waals surface area contributed by atoms with E-state index in [-0.39, 0.29) is 24.2 Å². The molecule has 0 spiro atoms. The number of rotatable bonds is 5. The normalized spacial score (nSPS) is 18.0. The third kappa shape index (κ3) is 3.17. The number of hydrogen-bond acceptors (Lipinski definition) is 3. The topological polar surface area (TPSA) is 49.9 Å². The van der Waals surface area contributed by atoms with Crippen LogP contribution < -0.4 is 9.64 Å². The van der Waals surface area contributed by atoms with Gasteiger partial charge in [-0.05, 0) is 26.0 Å². The lowest BCUT2D eigenvalue weighted by atomic mass is 10.1. The highest BCUT2D eigenvalue weighted by atomic mass is 16.5. The lowest BCUT2D eigenvalue weighted by Gasteiger charge is -2.22. The van der Waals surface area contributed by atoms with Gasteiger partial charge in [0.25, 0.3) is 0 Å². The molecule has 5 heteroatoms. The van der Waals surface area contributed by atoms with Gasteiger partial charge in [0.15, 0.2) is 0 Å². The molecular weight excluding hydrogens is 268 g/mol. The zero-order valence-corrected chi connectivity index (χ0v) is 12.8. The monoisotopic (exact) mass is 290 g/mol. The van der Waals surface area contributed by atoms with Crippen molar-refractivity contribution in [3.05, 3.63) is 24.3 Å². The van der Waals surface area contributed by atoms with E-state index in [1.165, 1.54) is 0 Å². The Morgan fingerprint density at radius 2 is 2.10 bits per heavy atom. The molecule has 0 bridgehead atoms. The number of anilines is 1. The molecule has 0 radical (unpaired) electrons. The number of methoxy groups -OCH3 is 1. The van der Waals surface area contributed by atoms with Crippen molar-refractivity contribution in [2.24, 2.45) is 5.92 Å². The van der Waals surface area contributed by atoms with Crippen LogP contribution in [0.2, 0.25) is 0 Å². The van der Waals surface area contributed by atoms with Gasteiger partial charge >= 0.3 is 0 Å². The number of carbonyl (C=O) groups excluding carboxylic acids is 2. The summed E-state index contributed by atoms with van der Waals surface area (Å²) >= 11 is 0. The molecule has 5 nitrogen and oxygen atoms in total. The fourth-order valence-electron chi connectivity index (χ4n) is 2.69. The third-order valence-corrected chi connectivity index (χ3v) is 3.91. The van der Waals surface area contributed by atoms with Crippen molar-refractivity contribution in [3.8, 4) is 5.75 Å². The summed E-state index contributed by atoms with van der Waals surface area (Å²) in [7, 11) is 1.59. The number of hydrogen-bond donors (Lipinski definition) is 0. The highest BCUT2D eigenvalue weighted by molar-refractivity contribution is 6.00. The van der Waals surface area contributed by atoms with E-state index in [1.807, 2.05) is 38.1 Å². The van der Waals surface area contributed by atoms with Crippen LogP contribution in [0.15, 0.2) is 24.3 Å². The van der Waals surface area contributed by atoms with E-state index in [2.05, 4.69) is 0 Å². The minimum atomic E-state index is -0.247. The maximum absolute atomic E-state index is 12.4. The van der Waals surface area contributed by atoms with E-state index in [1.54, 1.807) is 16.9 Å². The lowest BCUT2D eigenvalue weighted by Crippen LogP contribution is -2.37. The molecule has 0 aliphatic carbocycles. The molecule has 0 aromatic heterocycles. The number of nitrogens with zero attached hydrogens (tertiary/aromatic N) is 2. The summed E-state index contributed by atoms with van der Waals surface area (Å²) in [5.41, 5.74) is 0.786. The highest BCUT2D eigenvalue weighted by Gasteiger charge is 2.36. The van der Waals surface area contributed by atoms with Gasteiger partial charge in [-0.25, -0.2) is 0 Å². The molecule has 114 valence electrons. The lowest BCUT2D eigenvalue weighted by molar-refractivity contribution is -0.135. The molecule has 0 saturated carbocycles. The molecule has 2 rings (SSSR count). The first-order chi connectivity index (χ1) is 10.1. The zero-order chi connectivity index (χ0) is 15.4. The summed E-state index contributed by atoms with van der Waals surface area (Å²) in [5, 5.41) is 0. The smallest absolute Gasteiger partial charge is 0.227 e. The summed E-state index contributed by atoms with van der Waals surface area (Å²) in [6.45, 7) is 5.72. The van der Waals surface area contributed by atoms with Gasteiger partial charge in [0.2, 0.25) is 11.8 Å². The summed E-state index contributed by atoms with van der Waals surface area (Å²) in [6.07, 6.45) is 0.284. The van der Waals surface area contributed by atoms with Crippen LogP contribution in [0.25, 0.3) is 0 Å². The SMILES string of the molecule is CCN(CC)C(=O)[C@@H]1CC(=O)N(c2cccc(OC)c2)C1. The van der Waals surface area contributed by atoms with Crippen molar-refractivity contribution in [2.75, 3.05) is 31.6 Å². The van der Waals surface area contributed by atoms with Gasteiger partial charge in [-0.2, -0.15) is 0 Å². The average molecular weight is 290 g/mol. The quantitative estimate of drug-likeness (QED) is 0.832. The Morgan fingerprint density at radius 1 is 1.38 bits per heavy atom. The van der Waals surface area contributed by atoms with Gasteiger partial charge in [-0.3, -0.25) is 9.59 Å². The van der Waals surface area contributed by atoms with Crippen molar-refractivity contribution in [2.45, 2.75) is 20.3 Å². The Morgan fingerprint density at radius 3 is 2.71 bits per heavy atom. The van der Waals surface area contributed by atoms with Crippen molar-refractivity contribution in [3.63, 3.8) is 0 Å². The van der Waals surface area contributed by atoms with Gasteiger partial charge in [0.05, 0.1) is 13.0 Å². The Labute approximate surface area is 125 Å². The molecule has 1 saturated heterocycles. The van der Waals surface area contributed by atoms with Crippen LogP contribution in [0.5, 0.6) is 5.75 Å². The molecule has 1 atom stereocenters. The van der Waals surface area contributed by atoms with Crippen molar-refractivity contribution in [1.82, 2.24) is 4.90 Å². The first-order valence-electron chi connectivity index (χ1n) is 7.33. The van der Waals surface area contributed by atoms with Crippen molar-refractivity contribution in [1.29, 1.82) is 0 Å². The van der Waals surface area contributed by atoms with E-state index in [0.717, 1.165) is 5.69 Å². The Balaban J connectivity index is 2.14. The van der Waals surface area contributed by atoms with Crippen LogP contribution in [-0.2, 0) is 9.59 Å². The first kappa shape index (κ1) is 15.4. The Bertz CT molecular complexity index is 526. The van der Waals surface area contributed by atoms with Crippen LogP contribution in [0.4, 0.5) is 5.69 Å². The minimum absolute atomic E-state index is 0.00578. The second kappa shape index (κ2) is 6.61. The molecule has 1 heterocycles. The Hall–Kier alpha value is -2.04. The van der Waals surface area contributed by atoms with Crippen LogP contribution in [-0.4, -0.2) is 43.5 Å². The molecule has 0 N–H and O–H groups in total. The van der Waals surface area contributed by atoms with Crippen LogP contribution >= 0.6 is 0 Å². The fourth-order valence-corrected chi connectivity index (χ4v) is 2.69. The summed E-state index contributed by atoms with van der Waals surface area (Å²) < 4.78 is 5.18. The van der Waals surface area contributed by atoms with Crippen LogP contribution in [0, 0.1) is 5.92 Å². The number of benzene rings is 1. The largest absolute Gasteiger partial charge is 0.497 e. The molecule has 1 fully saturated rings. The summed E-state index contributed by atoms with van der Waals surface area (Å²) in [4.78, 5) is 28.0. The van der Waals surface area contributed by atoms with E-state index < -0.39 is 0 Å². The minimum Gasteiger partial charge on any atom is -0.497 e. The van der Waals surface area contributed by atoms with Crippen LogP contribution in [0.3, 0.4) is 0 Å². The second-order valence-electron chi connectivity index (χ2n) is 5.12. The molecule has 1 aliphatic heterocycles. The van der Waals surface area contributed by atoms with E-state index in [9.17, 15) is 9.59 Å². The average Bonchev–Trinajstić information content (AvgIpc) is 2.90. The molecule has 21 heavy (non-hydrogen) atoms. The maximum Gasteiger partial charge on any atom is 0.227 e. The fraction of sp³-hybridized carbons (Fsp3) is 0.500. The van der Waals surface area contributed by atoms with Crippen molar-refractivity contribution >= 4 is 17.5 Å². The number of carbonyl (C=O) groups is 2. The third-order valence-electron chi connectivity index (χ3n) is 3.91. The highest BCUT2D eigenvalue weighted by Crippen LogP contribution is 2.28. The van der Waals surface area contributed by atoms with Gasteiger partial charge in [0.1, 0.15) is 5.75 Å². The molecule has 1 aromatic carbocycles. The number of amides is 2. The van der Waals surface area contributed by atoms with Crippen LogP contribution in [0.1, 0.15) is 20.3 Å². The van der Waals surface area contributed by atoms with Gasteiger partial charge in [-0.1, -0.05) is 6.07 Å². The summed E-state index contributed by atoms with van der Waals surface area (Å²) in [5.74, 6) is 0.523. The van der Waals surface area contributed by atoms with E-state index >= 15 is 0 Å². The standard InChI is InChI=1S/C16H22N2O3/c1-4-17(5-2)16(20)12-9-15(19)18(11-12)13-7-6-8-14(10-13)21-3/h6-8,10,12H,4-5,9,11H2,1-3H3/t12-/m1/s1. The predicted octanol–water partition coefficient (Wildman–Crippen LogP) is 1.92. The zero-order valence-electron chi connectivity index (χ0n) is 12.8. The van der Waals surface area contributed by atoms with Gasteiger partial charge in [-0.15, -0.1) is 0 Å². The second-order valence-corrected chi connectivity index (χ2v) is 5.12. The molecular formula is C16H22N2O3. The molecule has 2 amide bonds. The van der Waals surface area contributed by atoms with E-state index in [4.69, 9.17) is 4.74 Å². The van der Waals surface area contributed by atoms with E-state index in [0.29, 0.717) is 25.4 Å². The summed E-state index contributed by atoms with van der Waals surface area (Å²) in [6, 6.07) is 7.37. The van der Waals surface area contributed by atoms with Gasteiger partial charge < -0.3 is 14.5 Å². The predicted molar refractivity (Wildman–Crippen MR) is 81.4 cm³/mol. The first-order valence-corrected chi connectivity index (χ1v) is 7.33. The molecule has 1 aromatic rings. The number of ether oxygens (including phenoxy) is 1. The van der Waals surface area contributed by atoms with Gasteiger partial charge in [0, 0.05) is 37.8 Å². The maximum atomic E-state index is 12.4. The van der Waals surface area contributed by atoms with Crippen molar-refractivity contribution < 1.29 is 14.3 Å². The Kier molecular flexibility index (Phi) is 4.83.